The van der Waals surface area contributed by atoms with Crippen molar-refractivity contribution in [3.05, 3.63) is 66.1 Å². The third-order valence-corrected chi connectivity index (χ3v) is 4.87. The average Bonchev–Trinajstić information content (AvgIpc) is 3.12. The van der Waals surface area contributed by atoms with Gasteiger partial charge in [0.15, 0.2) is 5.65 Å². The van der Waals surface area contributed by atoms with Gasteiger partial charge < -0.3 is 5.32 Å². The van der Waals surface area contributed by atoms with E-state index in [0.29, 0.717) is 22.7 Å². The minimum Gasteiger partial charge on any atom is -0.325 e. The molecule has 0 unspecified atom stereocenters. The highest BCUT2D eigenvalue weighted by Crippen LogP contribution is 2.27. The van der Waals surface area contributed by atoms with Gasteiger partial charge in [0, 0.05) is 16.7 Å². The highest BCUT2D eigenvalue weighted by Gasteiger charge is 2.22. The predicted molar refractivity (Wildman–Crippen MR) is 114 cm³/mol. The summed E-state index contributed by atoms with van der Waals surface area (Å²) >= 11 is 0. The second-order valence-corrected chi connectivity index (χ2v) is 8.35. The first-order valence-electron chi connectivity index (χ1n) is 9.73. The van der Waals surface area contributed by atoms with E-state index in [1.165, 1.54) is 10.6 Å². The Kier molecular flexibility index (Phi) is 5.00. The topological polar surface area (TPSA) is 72.2 Å². The van der Waals surface area contributed by atoms with E-state index in [1.807, 2.05) is 45.9 Å². The van der Waals surface area contributed by atoms with E-state index < -0.39 is 17.3 Å². The number of anilines is 1. The van der Waals surface area contributed by atoms with Crippen LogP contribution in [0.3, 0.4) is 0 Å². The van der Waals surface area contributed by atoms with Gasteiger partial charge in [0.2, 0.25) is 17.8 Å². The molecule has 31 heavy (non-hydrogen) atoms. The predicted octanol–water partition coefficient (Wildman–Crippen LogP) is 5.03. The number of nitrogens with one attached hydrogen (secondary N) is 1. The van der Waals surface area contributed by atoms with Crippen molar-refractivity contribution in [1.29, 1.82) is 0 Å². The van der Waals surface area contributed by atoms with Crippen LogP contribution in [0.15, 0.2) is 48.7 Å². The van der Waals surface area contributed by atoms with Crippen LogP contribution in [-0.2, 0) is 4.79 Å². The SMILES string of the molecule is Cc1ccc(-c2cn3nc(-c4ccc(F)nc4F)ccc3n2)cc1NC(=O)C(C)(C)C. The molecule has 0 bridgehead atoms. The number of halogens is 2. The number of rotatable bonds is 3. The van der Waals surface area contributed by atoms with Crippen LogP contribution in [0.2, 0.25) is 0 Å². The summed E-state index contributed by atoms with van der Waals surface area (Å²) in [6.45, 7) is 7.48. The van der Waals surface area contributed by atoms with Gasteiger partial charge in [-0.1, -0.05) is 32.9 Å². The van der Waals surface area contributed by atoms with Crippen LogP contribution in [0.1, 0.15) is 26.3 Å². The second kappa shape index (κ2) is 7.54. The molecule has 1 amide bonds. The first kappa shape index (κ1) is 20.6. The van der Waals surface area contributed by atoms with Gasteiger partial charge in [0.25, 0.3) is 0 Å². The van der Waals surface area contributed by atoms with Gasteiger partial charge in [-0.2, -0.15) is 18.9 Å². The van der Waals surface area contributed by atoms with Gasteiger partial charge in [0.1, 0.15) is 0 Å². The Morgan fingerprint density at radius 1 is 1.00 bits per heavy atom. The third-order valence-electron chi connectivity index (χ3n) is 4.87. The Hall–Kier alpha value is -3.68. The number of carbonyl (C=O) groups excluding carboxylic acids is 1. The lowest BCUT2D eigenvalue weighted by atomic mass is 9.95. The van der Waals surface area contributed by atoms with E-state index in [0.717, 1.165) is 17.2 Å². The molecule has 4 aromatic rings. The van der Waals surface area contributed by atoms with Crippen LogP contribution in [-0.4, -0.2) is 25.5 Å². The van der Waals surface area contributed by atoms with Gasteiger partial charge in [-0.05, 0) is 42.8 Å². The molecule has 3 aromatic heterocycles. The maximum Gasteiger partial charge on any atom is 0.229 e. The maximum atomic E-state index is 14.0. The van der Waals surface area contributed by atoms with Crippen LogP contribution in [0.4, 0.5) is 14.5 Å². The highest BCUT2D eigenvalue weighted by molar-refractivity contribution is 5.95. The van der Waals surface area contributed by atoms with Crippen LogP contribution in [0.25, 0.3) is 28.2 Å². The smallest absolute Gasteiger partial charge is 0.229 e. The number of nitrogens with zero attached hydrogens (tertiary/aromatic N) is 4. The molecule has 158 valence electrons. The van der Waals surface area contributed by atoms with Crippen molar-refractivity contribution in [3.8, 4) is 22.5 Å². The fourth-order valence-electron chi connectivity index (χ4n) is 2.99. The summed E-state index contributed by atoms with van der Waals surface area (Å²) in [5.41, 5.74) is 3.55. The molecule has 0 saturated heterocycles. The summed E-state index contributed by atoms with van der Waals surface area (Å²) in [4.78, 5) is 20.2. The summed E-state index contributed by atoms with van der Waals surface area (Å²) in [5.74, 6) is -1.89. The lowest BCUT2D eigenvalue weighted by Crippen LogP contribution is -2.27. The van der Waals surface area contributed by atoms with E-state index in [1.54, 1.807) is 18.3 Å². The van der Waals surface area contributed by atoms with E-state index >= 15 is 0 Å². The molecule has 0 fully saturated rings. The average molecular weight is 421 g/mol. The Balaban J connectivity index is 1.70. The van der Waals surface area contributed by atoms with Gasteiger partial charge in [-0.3, -0.25) is 4.79 Å². The molecule has 3 heterocycles. The first-order chi connectivity index (χ1) is 14.6. The number of imidazole rings is 1. The van der Waals surface area contributed by atoms with Crippen molar-refractivity contribution >= 4 is 17.2 Å². The number of benzene rings is 1. The zero-order valence-corrected chi connectivity index (χ0v) is 17.6. The molecule has 4 rings (SSSR count). The van der Waals surface area contributed by atoms with E-state index in [4.69, 9.17) is 0 Å². The molecule has 0 atom stereocenters. The quantitative estimate of drug-likeness (QED) is 0.471. The molecular formula is C23H21F2N5O. The largest absolute Gasteiger partial charge is 0.325 e. The first-order valence-corrected chi connectivity index (χ1v) is 9.73. The summed E-state index contributed by atoms with van der Waals surface area (Å²) in [6.07, 6.45) is 1.72. The van der Waals surface area contributed by atoms with Gasteiger partial charge in [0.05, 0.1) is 23.1 Å². The molecule has 6 nitrogen and oxygen atoms in total. The maximum absolute atomic E-state index is 14.0. The lowest BCUT2D eigenvalue weighted by Gasteiger charge is -2.19. The van der Waals surface area contributed by atoms with Crippen molar-refractivity contribution in [1.82, 2.24) is 19.6 Å². The molecule has 8 heteroatoms. The minimum atomic E-state index is -0.926. The number of amides is 1. The van der Waals surface area contributed by atoms with Crippen LogP contribution in [0.5, 0.6) is 0 Å². The number of pyridine rings is 1. The van der Waals surface area contributed by atoms with Crippen LogP contribution >= 0.6 is 0 Å². The second-order valence-electron chi connectivity index (χ2n) is 8.35. The van der Waals surface area contributed by atoms with Crippen molar-refractivity contribution < 1.29 is 13.6 Å². The van der Waals surface area contributed by atoms with E-state index in [-0.39, 0.29) is 11.5 Å². The van der Waals surface area contributed by atoms with Gasteiger partial charge in [-0.25, -0.2) is 9.50 Å². The van der Waals surface area contributed by atoms with Gasteiger partial charge >= 0.3 is 0 Å². The number of aryl methyl sites for hydroxylation is 1. The molecule has 0 spiro atoms. The summed E-state index contributed by atoms with van der Waals surface area (Å²) in [5, 5.41) is 7.35. The summed E-state index contributed by atoms with van der Waals surface area (Å²) in [7, 11) is 0. The Morgan fingerprint density at radius 3 is 2.48 bits per heavy atom. The fourth-order valence-corrected chi connectivity index (χ4v) is 2.99. The number of carbonyl (C=O) groups is 1. The Labute approximate surface area is 178 Å². The number of fused-ring (bicyclic) bond motifs is 1. The molecule has 0 radical (unpaired) electrons. The molecule has 0 saturated carbocycles. The fraction of sp³-hybridized carbons (Fsp3) is 0.217. The van der Waals surface area contributed by atoms with E-state index in [2.05, 4.69) is 20.4 Å². The summed E-state index contributed by atoms with van der Waals surface area (Å²) < 4.78 is 28.7. The molecule has 0 aliphatic heterocycles. The van der Waals surface area contributed by atoms with Crippen LogP contribution in [0, 0.1) is 24.2 Å². The molecular weight excluding hydrogens is 400 g/mol. The number of aromatic nitrogens is 4. The molecule has 1 aromatic carbocycles. The van der Waals surface area contributed by atoms with Crippen molar-refractivity contribution in [2.45, 2.75) is 27.7 Å². The van der Waals surface area contributed by atoms with Crippen molar-refractivity contribution in [2.24, 2.45) is 5.41 Å². The summed E-state index contributed by atoms with van der Waals surface area (Å²) in [6, 6.07) is 11.4. The minimum absolute atomic E-state index is 0.0796. The van der Waals surface area contributed by atoms with Crippen LogP contribution < -0.4 is 5.32 Å². The van der Waals surface area contributed by atoms with Gasteiger partial charge in [-0.15, -0.1) is 0 Å². The number of hydrogen-bond donors (Lipinski definition) is 1. The molecule has 1 N–H and O–H groups in total. The highest BCUT2D eigenvalue weighted by atomic mass is 19.1. The van der Waals surface area contributed by atoms with Crippen molar-refractivity contribution in [3.63, 3.8) is 0 Å². The molecule has 0 aliphatic carbocycles. The Morgan fingerprint density at radius 2 is 1.77 bits per heavy atom. The Bertz CT molecular complexity index is 1310. The lowest BCUT2D eigenvalue weighted by molar-refractivity contribution is -0.123. The number of hydrogen-bond acceptors (Lipinski definition) is 4. The third kappa shape index (κ3) is 4.14. The van der Waals surface area contributed by atoms with E-state index in [9.17, 15) is 13.6 Å². The zero-order chi connectivity index (χ0) is 22.3. The van der Waals surface area contributed by atoms with Crippen molar-refractivity contribution in [2.75, 3.05) is 5.32 Å². The monoisotopic (exact) mass is 421 g/mol. The standard InChI is InChI=1S/C23H21F2N5O/c1-13-5-6-14(11-17(13)27-22(31)23(2,3)4)18-12-30-20(26-18)10-8-16(29-30)15-7-9-19(24)28-21(15)25/h5-12H,1-4H3,(H,27,31). The normalized spacial score (nSPS) is 11.7. The zero-order valence-electron chi connectivity index (χ0n) is 17.6. The molecule has 0 aliphatic rings.